The molecule has 0 saturated heterocycles. The Labute approximate surface area is 145 Å². The molecule has 3 rings (SSSR count). The maximum Gasteiger partial charge on any atom is 0.355 e. The van der Waals surface area contributed by atoms with Gasteiger partial charge in [-0.05, 0) is 12.1 Å². The number of hydrogen-bond acceptors (Lipinski definition) is 8. The summed E-state index contributed by atoms with van der Waals surface area (Å²) in [4.78, 5) is 30.3. The zero-order valence-corrected chi connectivity index (χ0v) is 14.1. The van der Waals surface area contributed by atoms with Crippen LogP contribution in [0, 0.1) is 0 Å². The number of carbonyl (C=O) groups excluding carboxylic acids is 2. The summed E-state index contributed by atoms with van der Waals surface area (Å²) >= 11 is 0. The monoisotopic (exact) mass is 345 g/mol. The molecular weight excluding hydrogens is 326 g/mol. The first-order valence-electron chi connectivity index (χ1n) is 7.79. The van der Waals surface area contributed by atoms with E-state index in [1.807, 2.05) is 24.3 Å². The molecule has 8 nitrogen and oxygen atoms in total. The largest absolute Gasteiger partial charge is 0.466 e. The van der Waals surface area contributed by atoms with Gasteiger partial charge in [0.2, 0.25) is 0 Å². The van der Waals surface area contributed by atoms with Crippen molar-refractivity contribution in [2.24, 2.45) is 4.99 Å². The summed E-state index contributed by atoms with van der Waals surface area (Å²) in [6, 6.07) is 7.48. The molecule has 25 heavy (non-hydrogen) atoms. The van der Waals surface area contributed by atoms with Gasteiger partial charge in [-0.15, -0.1) is 0 Å². The zero-order valence-electron chi connectivity index (χ0n) is 14.1. The number of anilines is 1. The summed E-state index contributed by atoms with van der Waals surface area (Å²) in [5.74, 6) is -0.440. The van der Waals surface area contributed by atoms with E-state index in [0.29, 0.717) is 5.69 Å². The van der Waals surface area contributed by atoms with E-state index in [-0.39, 0.29) is 24.6 Å². The smallest absolute Gasteiger partial charge is 0.355 e. The topological polar surface area (TPSA) is 89.5 Å². The lowest BCUT2D eigenvalue weighted by molar-refractivity contribution is -0.140. The Hall–Kier alpha value is -2.87. The third-order valence-electron chi connectivity index (χ3n) is 3.94. The van der Waals surface area contributed by atoms with Crippen molar-refractivity contribution < 1.29 is 23.8 Å². The lowest BCUT2D eigenvalue weighted by atomic mass is 10.1. The van der Waals surface area contributed by atoms with Crippen molar-refractivity contribution in [1.82, 2.24) is 5.32 Å². The SMILES string of the molecule is COC(=O)C1=C(C(=O)OC)N(c2cccc(C3=NCCN3)c2)COC1. The second-order valence-electron chi connectivity index (χ2n) is 5.42. The number of amidine groups is 1. The van der Waals surface area contributed by atoms with E-state index >= 15 is 0 Å². The fourth-order valence-corrected chi connectivity index (χ4v) is 2.76. The first-order chi connectivity index (χ1) is 12.2. The Morgan fingerprint density at radius 1 is 1.24 bits per heavy atom. The fraction of sp³-hybridized carbons (Fsp3) is 0.353. The Morgan fingerprint density at radius 2 is 2.04 bits per heavy atom. The molecule has 1 aromatic carbocycles. The normalized spacial score (nSPS) is 17.0. The van der Waals surface area contributed by atoms with Gasteiger partial charge in [-0.25, -0.2) is 9.59 Å². The molecule has 2 aliphatic rings. The van der Waals surface area contributed by atoms with Crippen LogP contribution in [0.15, 0.2) is 40.5 Å². The molecule has 0 bridgehead atoms. The number of benzene rings is 1. The van der Waals surface area contributed by atoms with Crippen LogP contribution in [-0.2, 0) is 23.8 Å². The van der Waals surface area contributed by atoms with Crippen LogP contribution in [0.2, 0.25) is 0 Å². The predicted octanol–water partition coefficient (Wildman–Crippen LogP) is 0.431. The minimum absolute atomic E-state index is 0.0123. The van der Waals surface area contributed by atoms with E-state index < -0.39 is 11.9 Å². The van der Waals surface area contributed by atoms with Crippen molar-refractivity contribution in [3.05, 3.63) is 41.1 Å². The van der Waals surface area contributed by atoms with Crippen molar-refractivity contribution in [3.8, 4) is 0 Å². The van der Waals surface area contributed by atoms with Gasteiger partial charge in [0.1, 0.15) is 18.3 Å². The minimum atomic E-state index is -0.622. The van der Waals surface area contributed by atoms with Gasteiger partial charge in [0.15, 0.2) is 0 Å². The van der Waals surface area contributed by atoms with Gasteiger partial charge in [0.05, 0.1) is 32.9 Å². The average Bonchev–Trinajstić information content (AvgIpc) is 3.21. The standard InChI is InChI=1S/C17H19N3O5/c1-23-16(21)13-9-25-10-20(14(13)17(22)24-2)12-5-3-4-11(8-12)15-18-6-7-19-15/h3-5,8H,6-7,9-10H2,1-2H3,(H,18,19). The lowest BCUT2D eigenvalue weighted by Gasteiger charge is -2.31. The van der Waals surface area contributed by atoms with Crippen LogP contribution in [0.5, 0.6) is 0 Å². The fourth-order valence-electron chi connectivity index (χ4n) is 2.76. The highest BCUT2D eigenvalue weighted by Gasteiger charge is 2.32. The van der Waals surface area contributed by atoms with Crippen LogP contribution in [0.1, 0.15) is 5.56 Å². The van der Waals surface area contributed by atoms with Crippen molar-refractivity contribution in [2.45, 2.75) is 0 Å². The highest BCUT2D eigenvalue weighted by molar-refractivity contribution is 6.04. The minimum Gasteiger partial charge on any atom is -0.466 e. The van der Waals surface area contributed by atoms with Crippen molar-refractivity contribution in [2.75, 3.05) is 45.5 Å². The first kappa shape index (κ1) is 17.0. The van der Waals surface area contributed by atoms with Gasteiger partial charge in [-0.2, -0.15) is 0 Å². The molecule has 0 amide bonds. The van der Waals surface area contributed by atoms with Crippen LogP contribution < -0.4 is 10.2 Å². The summed E-state index contributed by atoms with van der Waals surface area (Å²) in [7, 11) is 2.53. The number of ether oxygens (including phenoxy) is 3. The zero-order chi connectivity index (χ0) is 17.8. The maximum atomic E-state index is 12.3. The second-order valence-corrected chi connectivity index (χ2v) is 5.42. The quantitative estimate of drug-likeness (QED) is 0.792. The second kappa shape index (κ2) is 7.35. The van der Waals surface area contributed by atoms with E-state index in [1.54, 1.807) is 4.90 Å². The molecule has 0 fully saturated rings. The van der Waals surface area contributed by atoms with Crippen LogP contribution in [0.4, 0.5) is 5.69 Å². The Bertz CT molecular complexity index is 756. The number of nitrogens with one attached hydrogen (secondary N) is 1. The summed E-state index contributed by atoms with van der Waals surface area (Å²) in [5, 5.41) is 3.21. The molecular formula is C17H19N3O5. The van der Waals surface area contributed by atoms with Gasteiger partial charge in [0, 0.05) is 17.8 Å². The third-order valence-corrected chi connectivity index (χ3v) is 3.94. The van der Waals surface area contributed by atoms with E-state index in [2.05, 4.69) is 10.3 Å². The van der Waals surface area contributed by atoms with E-state index in [9.17, 15) is 9.59 Å². The highest BCUT2D eigenvalue weighted by Crippen LogP contribution is 2.27. The summed E-state index contributed by atoms with van der Waals surface area (Å²) in [6.45, 7) is 1.63. The van der Waals surface area contributed by atoms with E-state index in [4.69, 9.17) is 14.2 Å². The van der Waals surface area contributed by atoms with Crippen LogP contribution >= 0.6 is 0 Å². The predicted molar refractivity (Wildman–Crippen MR) is 90.2 cm³/mol. The molecule has 0 unspecified atom stereocenters. The van der Waals surface area contributed by atoms with E-state index in [1.165, 1.54) is 14.2 Å². The number of rotatable bonds is 4. The van der Waals surface area contributed by atoms with Crippen LogP contribution in [0.25, 0.3) is 0 Å². The Kier molecular flexibility index (Phi) is 4.99. The lowest BCUT2D eigenvalue weighted by Crippen LogP contribution is -2.38. The molecule has 0 spiro atoms. The molecule has 1 aromatic rings. The number of methoxy groups -OCH3 is 2. The molecule has 0 atom stereocenters. The van der Waals surface area contributed by atoms with Crippen LogP contribution in [-0.4, -0.2) is 58.4 Å². The Morgan fingerprint density at radius 3 is 2.72 bits per heavy atom. The molecule has 0 radical (unpaired) electrons. The third kappa shape index (κ3) is 3.34. The Balaban J connectivity index is 2.03. The summed E-state index contributed by atoms with van der Waals surface area (Å²) in [6.07, 6.45) is 0. The van der Waals surface area contributed by atoms with Gasteiger partial charge >= 0.3 is 11.9 Å². The molecule has 0 saturated carbocycles. The van der Waals surface area contributed by atoms with Gasteiger partial charge in [0.25, 0.3) is 0 Å². The molecule has 132 valence electrons. The maximum absolute atomic E-state index is 12.3. The highest BCUT2D eigenvalue weighted by atomic mass is 16.5. The number of esters is 2. The molecule has 0 aromatic heterocycles. The number of hydrogen-bond donors (Lipinski definition) is 1. The number of nitrogens with zero attached hydrogens (tertiary/aromatic N) is 2. The molecule has 1 N–H and O–H groups in total. The van der Waals surface area contributed by atoms with Gasteiger partial charge < -0.3 is 24.4 Å². The molecule has 2 aliphatic heterocycles. The van der Waals surface area contributed by atoms with E-state index in [0.717, 1.165) is 24.5 Å². The average molecular weight is 345 g/mol. The van der Waals surface area contributed by atoms with Gasteiger partial charge in [-0.3, -0.25) is 4.99 Å². The van der Waals surface area contributed by atoms with Crippen molar-refractivity contribution in [1.29, 1.82) is 0 Å². The first-order valence-corrected chi connectivity index (χ1v) is 7.79. The van der Waals surface area contributed by atoms with Crippen molar-refractivity contribution in [3.63, 3.8) is 0 Å². The molecule has 2 heterocycles. The number of aliphatic imine (C=N–C) groups is 1. The van der Waals surface area contributed by atoms with Crippen LogP contribution in [0.3, 0.4) is 0 Å². The summed E-state index contributed by atoms with van der Waals surface area (Å²) < 4.78 is 15.1. The molecule has 8 heteroatoms. The van der Waals surface area contributed by atoms with Crippen molar-refractivity contribution >= 4 is 23.5 Å². The summed E-state index contributed by atoms with van der Waals surface area (Å²) in [5.41, 5.74) is 1.83. The molecule has 0 aliphatic carbocycles. The van der Waals surface area contributed by atoms with Gasteiger partial charge in [-0.1, -0.05) is 12.1 Å². The number of carbonyl (C=O) groups is 2.